The molecule has 0 saturated heterocycles. The Balaban J connectivity index is 0.735. The van der Waals surface area contributed by atoms with Crippen LogP contribution in [0.1, 0.15) is 111 Å². The number of methoxy groups -OCH3 is 3. The van der Waals surface area contributed by atoms with E-state index in [1.54, 1.807) is 41.3 Å². The Morgan fingerprint density at radius 1 is 0.664 bits per heavy atom. The van der Waals surface area contributed by atoms with Crippen molar-refractivity contribution in [2.75, 3.05) is 123 Å². The van der Waals surface area contributed by atoms with E-state index in [0.717, 1.165) is 22.0 Å². The first kappa shape index (κ1) is 102. The third-order valence-electron chi connectivity index (χ3n) is 22.3. The summed E-state index contributed by atoms with van der Waals surface area (Å²) in [6.45, 7) is 5.23. The second-order valence-corrected chi connectivity index (χ2v) is 37.4. The predicted octanol–water partition coefficient (Wildman–Crippen LogP) is 3.84. The molecule has 12 rings (SSSR count). The zero-order valence-corrected chi connectivity index (χ0v) is 77.3. The topological polar surface area (TPSA) is 653 Å². The van der Waals surface area contributed by atoms with Gasteiger partial charge in [0.2, 0.25) is 29.6 Å². The molecule has 0 saturated carbocycles. The number of para-hydroxylation sites is 2. The largest absolute Gasteiger partial charge is 0.493 e. The highest BCUT2D eigenvalue weighted by molar-refractivity contribution is 8.77. The molecule has 0 aliphatic carbocycles. The Kier molecular flexibility index (Phi) is 34.3. The second-order valence-electron chi connectivity index (χ2n) is 32.8. The number of guanidine groups is 1. The molecule has 6 heterocycles. The maximum absolute atomic E-state index is 14.7. The molecule has 20 N–H and O–H groups in total. The summed E-state index contributed by atoms with van der Waals surface area (Å²) >= 11 is 0. The molecule has 0 radical (unpaired) electrons. The average Bonchev–Trinajstić information content (AvgIpc) is 1.58. The van der Waals surface area contributed by atoms with Gasteiger partial charge in [0.25, 0.3) is 33.4 Å². The van der Waals surface area contributed by atoms with Crippen LogP contribution in [0.25, 0.3) is 11.2 Å². The molecule has 0 bridgehead atoms. The van der Waals surface area contributed by atoms with Crippen molar-refractivity contribution >= 4 is 154 Å². The van der Waals surface area contributed by atoms with E-state index in [1.807, 2.05) is 61.2 Å². The van der Waals surface area contributed by atoms with Crippen molar-refractivity contribution in [3.63, 3.8) is 0 Å². The normalized spacial score (nSPS) is 15.7. The second kappa shape index (κ2) is 46.3. The van der Waals surface area contributed by atoms with Crippen LogP contribution in [-0.4, -0.2) is 263 Å². The van der Waals surface area contributed by atoms with E-state index in [9.17, 15) is 90.9 Å². The van der Waals surface area contributed by atoms with E-state index in [-0.39, 0.29) is 141 Å². The summed E-state index contributed by atoms with van der Waals surface area (Å²) in [7, 11) is 1.68. The lowest BCUT2D eigenvalue weighted by atomic mass is 10.1. The summed E-state index contributed by atoms with van der Waals surface area (Å²) in [5.74, 6) is -13.5. The lowest BCUT2D eigenvalue weighted by Crippen LogP contribution is -2.58. The molecule has 7 amide bonds. The number of aromatic nitrogens is 4. The number of amides is 7. The number of carbonyl (C=O) groups is 11. The van der Waals surface area contributed by atoms with E-state index in [4.69, 9.17) is 50.0 Å². The van der Waals surface area contributed by atoms with Gasteiger partial charge >= 0.3 is 23.9 Å². The SMILES string of the molecule is COCCOCCOCCN(CC(C)(C)SSC[C@@H](NC(=O)[C@@H](CC(=O)O)NC(=O)[C@@H](CCCNC(=N)N)NC(=O)[C@@H](CC(=O)O)NC(=O)CC[C@@H](NC(=O)c1ccc(NCc2cnc3nc(N)[nH]c(=O)c3n2)cc1)C(=O)O)C(=O)O)c1cc(COc2cc3c(cc2OC)C(=O)N2c4ccccc4C[C@H]2CN3)cc(COc2cc3c(cc2OC)C(=O)N2c4ccccc4C[C@H]2C(S(=O)(=O)O)N3)c1. The van der Waals surface area contributed by atoms with Crippen molar-refractivity contribution in [3.8, 4) is 23.0 Å². The molecule has 2 aromatic heterocycles. The zero-order valence-electron chi connectivity index (χ0n) is 74.9. The number of aliphatic carboxylic acids is 4. The highest BCUT2D eigenvalue weighted by Gasteiger charge is 2.48. The average molecular weight is 1950 g/mol. The van der Waals surface area contributed by atoms with Gasteiger partial charge in [-0.05, 0) is 135 Å². The highest BCUT2D eigenvalue weighted by Crippen LogP contribution is 2.46. The van der Waals surface area contributed by atoms with Crippen molar-refractivity contribution in [2.45, 2.75) is 137 Å². The summed E-state index contributed by atoms with van der Waals surface area (Å²) in [5, 5.41) is 70.2. The van der Waals surface area contributed by atoms with Gasteiger partial charge in [-0.1, -0.05) is 58.0 Å². The van der Waals surface area contributed by atoms with E-state index in [0.29, 0.717) is 76.9 Å². The van der Waals surface area contributed by atoms with Crippen LogP contribution in [0.4, 0.5) is 40.1 Å². The Hall–Kier alpha value is -14.3. The van der Waals surface area contributed by atoms with Crippen LogP contribution in [0.15, 0.2) is 126 Å². The van der Waals surface area contributed by atoms with Gasteiger partial charge in [-0.15, -0.1) is 0 Å². The van der Waals surface area contributed by atoms with Crippen LogP contribution in [0.2, 0.25) is 0 Å². The molecule has 4 aliphatic heterocycles. The number of carboxylic acid groups (broad SMARTS) is 4. The number of nitrogens with zero attached hydrogens (tertiary/aromatic N) is 6. The zero-order chi connectivity index (χ0) is 98.5. The van der Waals surface area contributed by atoms with Crippen LogP contribution in [-0.2, 0) is 95.3 Å². The maximum Gasteiger partial charge on any atom is 0.327 e. The molecule has 48 heteroatoms. The quantitative estimate of drug-likeness (QED) is 0.00846. The third kappa shape index (κ3) is 26.9. The van der Waals surface area contributed by atoms with Crippen molar-refractivity contribution in [2.24, 2.45) is 5.73 Å². The van der Waals surface area contributed by atoms with Gasteiger partial charge in [0.05, 0.1) is 113 Å². The standard InChI is InChI=1S/C89H105N19O26S3/c1-89(2,136-135-45-64(86(123)124)102-80(117)63(39-74(112)113)101-78(115)58(13-10-22-93-87(90)91)99-79(116)62(38-73(110)111)98-72(109)21-20-59(85(121)122)100-77(114)49-16-18-52(19-17-49)94-40-53-41-96-76-75(97-53)81(118)105-88(92)104-76)46-106(23-24-131-27-28-132-26-25-128-3)54-30-47(43-133-70-36-60-56(34-68(70)129-4)83(119)107-55(42-95-60)32-50-11-6-8-14-65(50)107)29-48(31-54)44-134-71-37-61-57(35-69(71)130-5)84(120)108-66-15-9-7-12-51(66)33-67(108)82(103-61)137(125,126)127/h6-9,11-12,14-19,29-31,34-37,41,55,58-59,62-64,67,82,94-95,103H,10,13,20-28,32-33,38-40,42-46H2,1-5H3,(H,98,109)(H,99,116)(H,100,114)(H,101,115)(H,102,117)(H,110,111)(H,112,113)(H,121,122)(H,123,124)(H4,90,91,93)(H,125,126,127)(H3,92,96,104,105,118)/t55-,58+,59+,62+,63+,64+,67-,82?/m0/s1. The molecule has 8 aromatic rings. The minimum Gasteiger partial charge on any atom is -0.493 e. The number of nitrogen functional groups attached to an aromatic ring is 1. The van der Waals surface area contributed by atoms with Crippen LogP contribution in [0, 0.1) is 5.41 Å². The first-order valence-electron chi connectivity index (χ1n) is 43.1. The molecule has 0 spiro atoms. The highest BCUT2D eigenvalue weighted by atomic mass is 33.1. The number of hydrogen-bond donors (Lipinski definition) is 18. The molecular weight excluding hydrogens is 1850 g/mol. The number of carboxylic acids is 4. The van der Waals surface area contributed by atoms with Gasteiger partial charge in [0, 0.05) is 90.7 Å². The van der Waals surface area contributed by atoms with Crippen LogP contribution in [0.3, 0.4) is 0 Å². The minimum absolute atomic E-state index is 0.0103. The lowest BCUT2D eigenvalue weighted by Gasteiger charge is -2.34. The molecule has 730 valence electrons. The maximum atomic E-state index is 14.7. The first-order valence-corrected chi connectivity index (χ1v) is 46.9. The van der Waals surface area contributed by atoms with Gasteiger partial charge in [-0.3, -0.25) is 62.9 Å². The summed E-state index contributed by atoms with van der Waals surface area (Å²) in [5.41, 5.74) is 16.8. The van der Waals surface area contributed by atoms with Gasteiger partial charge in [0.15, 0.2) is 45.5 Å². The van der Waals surface area contributed by atoms with E-state index in [2.05, 4.69) is 67.8 Å². The van der Waals surface area contributed by atoms with E-state index in [1.165, 1.54) is 79.6 Å². The summed E-state index contributed by atoms with van der Waals surface area (Å²) in [6, 6.07) is 21.5. The Bertz CT molecular complexity index is 6040. The number of ether oxygens (including phenoxy) is 7. The number of carbonyl (C=O) groups excluding carboxylic acids is 7. The molecular formula is C89H105N19O26S3. The predicted molar refractivity (Wildman–Crippen MR) is 503 cm³/mol. The first-order chi connectivity index (χ1) is 65.4. The van der Waals surface area contributed by atoms with E-state index >= 15 is 0 Å². The molecule has 6 aromatic carbocycles. The summed E-state index contributed by atoms with van der Waals surface area (Å²) < 4.78 is 78.6. The number of anilines is 7. The third-order valence-corrected chi connectivity index (χ3v) is 26.7. The van der Waals surface area contributed by atoms with Crippen molar-refractivity contribution in [3.05, 3.63) is 176 Å². The number of H-pyrrole nitrogens is 1. The smallest absolute Gasteiger partial charge is 0.327 e. The Morgan fingerprint density at radius 3 is 1.86 bits per heavy atom. The Labute approximate surface area is 791 Å². The molecule has 137 heavy (non-hydrogen) atoms. The van der Waals surface area contributed by atoms with Gasteiger partial charge in [-0.2, -0.15) is 13.4 Å². The number of hydrogen-bond acceptors (Lipinski definition) is 32. The number of fused-ring (bicyclic) bond motifs is 9. The summed E-state index contributed by atoms with van der Waals surface area (Å²) in [6.07, 6.45) is -1.99. The summed E-state index contributed by atoms with van der Waals surface area (Å²) in [4.78, 5) is 182. The van der Waals surface area contributed by atoms with Gasteiger partial charge in [-0.25, -0.2) is 19.6 Å². The Morgan fingerprint density at radius 2 is 1.24 bits per heavy atom. The van der Waals surface area contributed by atoms with Crippen LogP contribution in [0.5, 0.6) is 23.0 Å². The number of nitrogens with one attached hydrogen (secondary N) is 11. The number of aromatic amines is 1. The molecule has 4 aliphatic rings. The minimum atomic E-state index is -4.89. The molecule has 8 atom stereocenters. The van der Waals surface area contributed by atoms with Crippen molar-refractivity contribution in [1.29, 1.82) is 5.41 Å². The van der Waals surface area contributed by atoms with Crippen molar-refractivity contribution in [1.82, 2.24) is 51.8 Å². The fourth-order valence-corrected chi connectivity index (χ4v) is 19.4. The van der Waals surface area contributed by atoms with Gasteiger partial charge in [0.1, 0.15) is 43.4 Å². The van der Waals surface area contributed by atoms with Gasteiger partial charge < -0.3 is 128 Å². The fraction of sp³-hybridized carbons (Fsp3) is 0.393. The molecule has 1 unspecified atom stereocenters. The van der Waals surface area contributed by atoms with Crippen LogP contribution < -0.4 is 98.5 Å². The van der Waals surface area contributed by atoms with E-state index < -0.39 is 165 Å². The molecule has 0 fully saturated rings. The molecule has 45 nitrogen and oxygen atoms in total. The lowest BCUT2D eigenvalue weighted by molar-refractivity contribution is -0.143. The number of nitrogens with two attached hydrogens (primary N) is 2. The monoisotopic (exact) mass is 1950 g/mol. The fourth-order valence-electron chi connectivity index (χ4n) is 15.8. The van der Waals surface area contributed by atoms with Crippen LogP contribution >= 0.6 is 21.6 Å². The van der Waals surface area contributed by atoms with Crippen molar-refractivity contribution < 1.29 is 119 Å². The number of benzene rings is 6. The number of rotatable bonds is 50.